The maximum absolute atomic E-state index is 6.24. The first-order valence-corrected chi connectivity index (χ1v) is 7.54. The Morgan fingerprint density at radius 3 is 2.50 bits per heavy atom. The van der Waals surface area contributed by atoms with Gasteiger partial charge in [0.1, 0.15) is 0 Å². The van der Waals surface area contributed by atoms with Gasteiger partial charge in [-0.3, -0.25) is 0 Å². The van der Waals surface area contributed by atoms with E-state index in [2.05, 4.69) is 22.1 Å². The highest BCUT2D eigenvalue weighted by molar-refractivity contribution is 7.07. The third kappa shape index (κ3) is 3.27. The number of rotatable bonds is 5. The molecule has 0 radical (unpaired) electrons. The maximum atomic E-state index is 6.24. The summed E-state index contributed by atoms with van der Waals surface area (Å²) in [5.41, 5.74) is 2.36. The van der Waals surface area contributed by atoms with Crippen molar-refractivity contribution in [2.45, 2.75) is 18.9 Å². The van der Waals surface area contributed by atoms with E-state index in [-0.39, 0.29) is 6.04 Å². The van der Waals surface area contributed by atoms with Gasteiger partial charge in [-0.05, 0) is 54.4 Å². The summed E-state index contributed by atoms with van der Waals surface area (Å²) >= 11 is 14.2. The molecule has 96 valence electrons. The molecule has 1 heterocycles. The van der Waals surface area contributed by atoms with Gasteiger partial charge in [0.2, 0.25) is 0 Å². The third-order valence-corrected chi connectivity index (χ3v) is 4.39. The van der Waals surface area contributed by atoms with Gasteiger partial charge in [0.25, 0.3) is 0 Å². The Morgan fingerprint density at radius 2 is 1.94 bits per heavy atom. The van der Waals surface area contributed by atoms with Crippen molar-refractivity contribution in [3.63, 3.8) is 0 Å². The van der Waals surface area contributed by atoms with E-state index in [9.17, 15) is 0 Å². The minimum absolute atomic E-state index is 0.186. The van der Waals surface area contributed by atoms with E-state index in [1.54, 1.807) is 11.3 Å². The van der Waals surface area contributed by atoms with Crippen LogP contribution in [0.5, 0.6) is 0 Å². The van der Waals surface area contributed by atoms with Crippen molar-refractivity contribution in [2.24, 2.45) is 0 Å². The van der Waals surface area contributed by atoms with Crippen LogP contribution < -0.4 is 5.32 Å². The fourth-order valence-corrected chi connectivity index (χ4v) is 3.39. The molecule has 2 rings (SSSR count). The van der Waals surface area contributed by atoms with E-state index >= 15 is 0 Å². The summed E-state index contributed by atoms with van der Waals surface area (Å²) in [5, 5.41) is 9.04. The van der Waals surface area contributed by atoms with Gasteiger partial charge >= 0.3 is 0 Å². The molecular weight excluding hydrogens is 285 g/mol. The second-order valence-corrected chi connectivity index (χ2v) is 5.74. The molecular formula is C14H15Cl2NS. The molecule has 0 aliphatic rings. The number of halogens is 2. The number of thiophene rings is 1. The molecule has 1 aromatic carbocycles. The van der Waals surface area contributed by atoms with E-state index < -0.39 is 0 Å². The van der Waals surface area contributed by atoms with Crippen LogP contribution in [0.1, 0.15) is 23.6 Å². The van der Waals surface area contributed by atoms with Crippen molar-refractivity contribution in [1.82, 2.24) is 5.32 Å². The Morgan fingerprint density at radius 1 is 1.22 bits per heavy atom. The predicted molar refractivity (Wildman–Crippen MR) is 80.9 cm³/mol. The topological polar surface area (TPSA) is 12.0 Å². The van der Waals surface area contributed by atoms with Crippen LogP contribution in [0.3, 0.4) is 0 Å². The normalized spacial score (nSPS) is 12.6. The SMILES string of the molecule is CNC(CCc1ccsc1)c1c(Cl)cccc1Cl. The molecule has 18 heavy (non-hydrogen) atoms. The van der Waals surface area contributed by atoms with Crippen molar-refractivity contribution in [3.05, 3.63) is 56.2 Å². The van der Waals surface area contributed by atoms with Crippen molar-refractivity contribution >= 4 is 34.5 Å². The first kappa shape index (κ1) is 13.9. The summed E-state index contributed by atoms with van der Waals surface area (Å²) < 4.78 is 0. The van der Waals surface area contributed by atoms with Gasteiger partial charge in [-0.1, -0.05) is 29.3 Å². The summed E-state index contributed by atoms with van der Waals surface area (Å²) in [6, 6.07) is 7.99. The van der Waals surface area contributed by atoms with E-state index in [1.165, 1.54) is 5.56 Å². The number of nitrogens with one attached hydrogen (secondary N) is 1. The van der Waals surface area contributed by atoms with Crippen LogP contribution in [0.4, 0.5) is 0 Å². The van der Waals surface area contributed by atoms with Crippen LogP contribution in [0, 0.1) is 0 Å². The molecule has 2 aromatic rings. The molecule has 1 N–H and O–H groups in total. The first-order chi connectivity index (χ1) is 8.72. The predicted octanol–water partition coefficient (Wildman–Crippen LogP) is 4.95. The van der Waals surface area contributed by atoms with Crippen molar-refractivity contribution in [3.8, 4) is 0 Å². The Labute approximate surface area is 122 Å². The molecule has 0 saturated heterocycles. The summed E-state index contributed by atoms with van der Waals surface area (Å²) in [7, 11) is 1.94. The van der Waals surface area contributed by atoms with E-state index in [0.29, 0.717) is 0 Å². The molecule has 1 aromatic heterocycles. The van der Waals surface area contributed by atoms with Crippen molar-refractivity contribution < 1.29 is 0 Å². The average molecular weight is 300 g/mol. The lowest BCUT2D eigenvalue weighted by atomic mass is 10.00. The highest BCUT2D eigenvalue weighted by atomic mass is 35.5. The molecule has 1 atom stereocenters. The van der Waals surface area contributed by atoms with Gasteiger partial charge in [-0.15, -0.1) is 0 Å². The van der Waals surface area contributed by atoms with Crippen LogP contribution in [-0.2, 0) is 6.42 Å². The lowest BCUT2D eigenvalue weighted by Gasteiger charge is -2.19. The quantitative estimate of drug-likeness (QED) is 0.824. The highest BCUT2D eigenvalue weighted by Gasteiger charge is 2.16. The average Bonchev–Trinajstić information content (AvgIpc) is 2.86. The molecule has 0 spiro atoms. The molecule has 0 aliphatic heterocycles. The standard InChI is InChI=1S/C14H15Cl2NS/c1-17-13(6-5-10-7-8-18-9-10)14-11(15)3-2-4-12(14)16/h2-4,7-9,13,17H,5-6H2,1H3. The fraction of sp³-hybridized carbons (Fsp3) is 0.286. The van der Waals surface area contributed by atoms with Crippen LogP contribution >= 0.6 is 34.5 Å². The Bertz CT molecular complexity index is 476. The molecule has 4 heteroatoms. The monoisotopic (exact) mass is 299 g/mol. The minimum Gasteiger partial charge on any atom is -0.313 e. The smallest absolute Gasteiger partial charge is 0.0468 e. The van der Waals surface area contributed by atoms with Crippen molar-refractivity contribution in [2.75, 3.05) is 7.05 Å². The van der Waals surface area contributed by atoms with Gasteiger partial charge in [-0.2, -0.15) is 11.3 Å². The number of aryl methyl sites for hydroxylation is 1. The first-order valence-electron chi connectivity index (χ1n) is 5.84. The third-order valence-electron chi connectivity index (χ3n) is 3.00. The van der Waals surface area contributed by atoms with Gasteiger partial charge < -0.3 is 5.32 Å². The summed E-state index contributed by atoms with van der Waals surface area (Å²) in [5.74, 6) is 0. The molecule has 0 amide bonds. The molecule has 1 nitrogen and oxygen atoms in total. The molecule has 0 fully saturated rings. The number of hydrogen-bond donors (Lipinski definition) is 1. The summed E-state index contributed by atoms with van der Waals surface area (Å²) in [6.07, 6.45) is 2.01. The fourth-order valence-electron chi connectivity index (χ4n) is 2.02. The summed E-state index contributed by atoms with van der Waals surface area (Å²) in [6.45, 7) is 0. The van der Waals surface area contributed by atoms with Crippen LogP contribution in [0.2, 0.25) is 10.0 Å². The molecule has 1 unspecified atom stereocenters. The van der Waals surface area contributed by atoms with Crippen molar-refractivity contribution in [1.29, 1.82) is 0 Å². The lowest BCUT2D eigenvalue weighted by Crippen LogP contribution is -2.18. The zero-order valence-electron chi connectivity index (χ0n) is 10.1. The van der Waals surface area contributed by atoms with Gasteiger partial charge in [-0.25, -0.2) is 0 Å². The zero-order valence-corrected chi connectivity index (χ0v) is 12.4. The van der Waals surface area contributed by atoms with Crippen LogP contribution in [-0.4, -0.2) is 7.05 Å². The Hall–Kier alpha value is -0.540. The number of benzene rings is 1. The number of hydrogen-bond acceptors (Lipinski definition) is 2. The van der Waals surface area contributed by atoms with Gasteiger partial charge in [0, 0.05) is 21.7 Å². The minimum atomic E-state index is 0.186. The zero-order chi connectivity index (χ0) is 13.0. The second-order valence-electron chi connectivity index (χ2n) is 4.15. The van der Waals surface area contributed by atoms with Gasteiger partial charge in [0.05, 0.1) is 0 Å². The van der Waals surface area contributed by atoms with E-state index in [1.807, 2.05) is 25.2 Å². The maximum Gasteiger partial charge on any atom is 0.0468 e. The highest BCUT2D eigenvalue weighted by Crippen LogP contribution is 2.32. The largest absolute Gasteiger partial charge is 0.313 e. The Kier molecular flexibility index (Phi) is 5.07. The van der Waals surface area contributed by atoms with E-state index in [4.69, 9.17) is 23.2 Å². The summed E-state index contributed by atoms with van der Waals surface area (Å²) in [4.78, 5) is 0. The molecule has 0 saturated carbocycles. The van der Waals surface area contributed by atoms with Crippen LogP contribution in [0.15, 0.2) is 35.0 Å². The molecule has 0 bridgehead atoms. The van der Waals surface area contributed by atoms with Gasteiger partial charge in [0.15, 0.2) is 0 Å². The Balaban J connectivity index is 2.13. The van der Waals surface area contributed by atoms with E-state index in [0.717, 1.165) is 28.5 Å². The second kappa shape index (κ2) is 6.58. The lowest BCUT2D eigenvalue weighted by molar-refractivity contribution is 0.550. The molecule has 0 aliphatic carbocycles. The van der Waals surface area contributed by atoms with Crippen LogP contribution in [0.25, 0.3) is 0 Å².